The van der Waals surface area contributed by atoms with Crippen LogP contribution >= 0.6 is 0 Å². The predicted octanol–water partition coefficient (Wildman–Crippen LogP) is 1.50. The highest BCUT2D eigenvalue weighted by Crippen LogP contribution is 2.16. The van der Waals surface area contributed by atoms with E-state index in [-0.39, 0.29) is 5.56 Å². The summed E-state index contributed by atoms with van der Waals surface area (Å²) in [6, 6.07) is 4.45. The van der Waals surface area contributed by atoms with Crippen molar-refractivity contribution in [1.29, 1.82) is 0 Å². The Kier molecular flexibility index (Phi) is 4.46. The van der Waals surface area contributed by atoms with Crippen molar-refractivity contribution >= 4 is 11.5 Å². The Bertz CT molecular complexity index is 976. The molecule has 7 heteroatoms. The highest BCUT2D eigenvalue weighted by atomic mass is 16.1. The molecule has 1 fully saturated rings. The number of rotatable bonds is 4. The smallest absolute Gasteiger partial charge is 0.293 e. The number of hydrogen-bond donors (Lipinski definition) is 1. The van der Waals surface area contributed by atoms with E-state index < -0.39 is 0 Å². The predicted molar refractivity (Wildman–Crippen MR) is 101 cm³/mol. The lowest BCUT2D eigenvalue weighted by Gasteiger charge is -2.33. The Morgan fingerprint density at radius 1 is 1.31 bits per heavy atom. The number of aromatic nitrogens is 4. The standard InChI is InChI=1S/C19H24N6O/c1-14-5-3-9-25-16(12-22-17(14)25)11-21-15-6-4-8-24(13-15)18-19(26)23(2)10-7-20-18/h3,5,7,9-10,12,15,21H,4,6,8,11,13H2,1-2H3/t15-/m1/s1. The van der Waals surface area contributed by atoms with Crippen LogP contribution in [0.15, 0.2) is 41.7 Å². The van der Waals surface area contributed by atoms with Crippen LogP contribution in [-0.4, -0.2) is 38.1 Å². The summed E-state index contributed by atoms with van der Waals surface area (Å²) in [5.41, 5.74) is 3.29. The van der Waals surface area contributed by atoms with Gasteiger partial charge in [0.1, 0.15) is 5.65 Å². The van der Waals surface area contributed by atoms with E-state index >= 15 is 0 Å². The van der Waals surface area contributed by atoms with Crippen molar-refractivity contribution in [1.82, 2.24) is 24.3 Å². The first-order chi connectivity index (χ1) is 12.6. The summed E-state index contributed by atoms with van der Waals surface area (Å²) in [4.78, 5) is 23.3. The second-order valence-corrected chi connectivity index (χ2v) is 6.97. The maximum atomic E-state index is 12.3. The zero-order chi connectivity index (χ0) is 18.1. The Labute approximate surface area is 152 Å². The van der Waals surface area contributed by atoms with Crippen molar-refractivity contribution in [2.24, 2.45) is 7.05 Å². The highest BCUT2D eigenvalue weighted by molar-refractivity contribution is 5.48. The zero-order valence-corrected chi connectivity index (χ0v) is 15.2. The second kappa shape index (κ2) is 6.92. The van der Waals surface area contributed by atoms with Crippen LogP contribution in [0.2, 0.25) is 0 Å². The molecule has 1 saturated heterocycles. The van der Waals surface area contributed by atoms with Gasteiger partial charge in [-0.05, 0) is 31.4 Å². The molecule has 7 nitrogen and oxygen atoms in total. The SMILES string of the molecule is Cc1cccn2c(CN[C@@H]3CCCN(c4nccn(C)c4=O)C3)cnc12. The number of anilines is 1. The molecule has 26 heavy (non-hydrogen) atoms. The molecule has 1 aliphatic rings. The number of hydrogen-bond acceptors (Lipinski definition) is 5. The molecule has 4 heterocycles. The van der Waals surface area contributed by atoms with Crippen LogP contribution in [0, 0.1) is 6.92 Å². The van der Waals surface area contributed by atoms with Crippen LogP contribution in [0.4, 0.5) is 5.82 Å². The number of fused-ring (bicyclic) bond motifs is 1. The molecule has 1 aliphatic heterocycles. The summed E-state index contributed by atoms with van der Waals surface area (Å²) < 4.78 is 3.72. The minimum Gasteiger partial charge on any atom is -0.350 e. The van der Waals surface area contributed by atoms with Gasteiger partial charge in [-0.1, -0.05) is 6.07 Å². The molecule has 0 aromatic carbocycles. The molecule has 0 spiro atoms. The molecule has 1 atom stereocenters. The third-order valence-electron chi connectivity index (χ3n) is 5.10. The first-order valence-electron chi connectivity index (χ1n) is 9.05. The van der Waals surface area contributed by atoms with Crippen molar-refractivity contribution in [3.8, 4) is 0 Å². The van der Waals surface area contributed by atoms with Crippen molar-refractivity contribution in [2.75, 3.05) is 18.0 Å². The van der Waals surface area contributed by atoms with E-state index in [4.69, 9.17) is 0 Å². The molecular formula is C19H24N6O. The summed E-state index contributed by atoms with van der Waals surface area (Å²) in [6.07, 6.45) is 9.51. The molecular weight excluding hydrogens is 328 g/mol. The summed E-state index contributed by atoms with van der Waals surface area (Å²) in [5, 5.41) is 3.63. The first kappa shape index (κ1) is 16.8. The lowest BCUT2D eigenvalue weighted by molar-refractivity contribution is 0.416. The molecule has 3 aromatic rings. The third kappa shape index (κ3) is 3.10. The van der Waals surface area contributed by atoms with Crippen LogP contribution in [0.1, 0.15) is 24.1 Å². The summed E-state index contributed by atoms with van der Waals surface area (Å²) in [5.74, 6) is 0.548. The number of pyridine rings is 1. The monoisotopic (exact) mass is 352 g/mol. The van der Waals surface area contributed by atoms with Crippen molar-refractivity contribution in [2.45, 2.75) is 32.4 Å². The van der Waals surface area contributed by atoms with Gasteiger partial charge in [-0.2, -0.15) is 0 Å². The zero-order valence-electron chi connectivity index (χ0n) is 15.2. The van der Waals surface area contributed by atoms with Gasteiger partial charge in [0.05, 0.1) is 11.9 Å². The first-order valence-corrected chi connectivity index (χ1v) is 9.05. The second-order valence-electron chi connectivity index (χ2n) is 6.97. The van der Waals surface area contributed by atoms with Crippen molar-refractivity contribution in [3.63, 3.8) is 0 Å². The lowest BCUT2D eigenvalue weighted by Crippen LogP contribution is -2.47. The molecule has 0 saturated carbocycles. The van der Waals surface area contributed by atoms with Gasteiger partial charge in [0.25, 0.3) is 5.56 Å². The Morgan fingerprint density at radius 2 is 2.19 bits per heavy atom. The number of imidazole rings is 1. The van der Waals surface area contributed by atoms with Crippen molar-refractivity contribution in [3.05, 3.63) is 58.5 Å². The van der Waals surface area contributed by atoms with E-state index in [9.17, 15) is 4.79 Å². The van der Waals surface area contributed by atoms with Gasteiger partial charge in [0.15, 0.2) is 5.82 Å². The lowest BCUT2D eigenvalue weighted by atomic mass is 10.1. The Morgan fingerprint density at radius 3 is 3.08 bits per heavy atom. The van der Waals surface area contributed by atoms with Crippen LogP contribution in [0.5, 0.6) is 0 Å². The molecule has 0 unspecified atom stereocenters. The van der Waals surface area contributed by atoms with E-state index in [2.05, 4.69) is 43.8 Å². The average Bonchev–Trinajstić information content (AvgIpc) is 3.07. The third-order valence-corrected chi connectivity index (χ3v) is 5.10. The van der Waals surface area contributed by atoms with Crippen LogP contribution in [0.25, 0.3) is 5.65 Å². The summed E-state index contributed by atoms with van der Waals surface area (Å²) >= 11 is 0. The maximum absolute atomic E-state index is 12.3. The molecule has 1 N–H and O–H groups in total. The Hall–Kier alpha value is -2.67. The van der Waals surface area contributed by atoms with E-state index in [0.717, 1.165) is 43.8 Å². The van der Waals surface area contributed by atoms with Gasteiger partial charge in [-0.3, -0.25) is 4.79 Å². The van der Waals surface area contributed by atoms with E-state index in [1.54, 1.807) is 24.0 Å². The van der Waals surface area contributed by atoms with Crippen LogP contribution < -0.4 is 15.8 Å². The quantitative estimate of drug-likeness (QED) is 0.771. The highest BCUT2D eigenvalue weighted by Gasteiger charge is 2.23. The molecule has 3 aromatic heterocycles. The van der Waals surface area contributed by atoms with Crippen LogP contribution in [-0.2, 0) is 13.6 Å². The average molecular weight is 352 g/mol. The van der Waals surface area contributed by atoms with Gasteiger partial charge in [0.2, 0.25) is 0 Å². The van der Waals surface area contributed by atoms with Crippen LogP contribution in [0.3, 0.4) is 0 Å². The van der Waals surface area contributed by atoms with Gasteiger partial charge in [0, 0.05) is 51.3 Å². The molecule has 0 amide bonds. The molecule has 0 radical (unpaired) electrons. The fourth-order valence-corrected chi connectivity index (χ4v) is 3.62. The normalized spacial score (nSPS) is 17.8. The largest absolute Gasteiger partial charge is 0.350 e. The minimum atomic E-state index is -0.0367. The van der Waals surface area contributed by atoms with Gasteiger partial charge < -0.3 is 19.2 Å². The van der Waals surface area contributed by atoms with E-state index in [1.165, 1.54) is 5.56 Å². The Balaban J connectivity index is 1.46. The number of nitrogens with one attached hydrogen (secondary N) is 1. The number of piperidine rings is 1. The van der Waals surface area contributed by atoms with Gasteiger partial charge >= 0.3 is 0 Å². The fraction of sp³-hybridized carbons (Fsp3) is 0.421. The van der Waals surface area contributed by atoms with E-state index in [0.29, 0.717) is 11.9 Å². The summed E-state index contributed by atoms with van der Waals surface area (Å²) in [7, 11) is 1.76. The van der Waals surface area contributed by atoms with E-state index in [1.807, 2.05) is 12.3 Å². The molecule has 4 rings (SSSR count). The number of aryl methyl sites for hydroxylation is 2. The maximum Gasteiger partial charge on any atom is 0.293 e. The molecule has 136 valence electrons. The number of nitrogens with zero attached hydrogens (tertiary/aromatic N) is 5. The van der Waals surface area contributed by atoms with Gasteiger partial charge in [-0.15, -0.1) is 0 Å². The topological polar surface area (TPSA) is 67.5 Å². The fourth-order valence-electron chi connectivity index (χ4n) is 3.62. The molecule has 0 bridgehead atoms. The molecule has 0 aliphatic carbocycles. The minimum absolute atomic E-state index is 0.0367. The summed E-state index contributed by atoms with van der Waals surface area (Å²) in [6.45, 7) is 4.50. The van der Waals surface area contributed by atoms with Gasteiger partial charge in [-0.25, -0.2) is 9.97 Å². The van der Waals surface area contributed by atoms with Crippen molar-refractivity contribution < 1.29 is 0 Å².